The SMILES string of the molecule is CCOC(=O)C1CNc2c3c(C)nn(C)c3nn2C1C. The molecule has 3 rings (SSSR count). The van der Waals surface area contributed by atoms with Gasteiger partial charge in [-0.2, -0.15) is 10.2 Å². The molecule has 0 fully saturated rings. The fraction of sp³-hybridized carbons (Fsp3) is 0.615. The Kier molecular flexibility index (Phi) is 2.92. The standard InChI is InChI=1S/C13H19N5O2/c1-5-20-13(19)9-6-14-11-10-7(2)15-17(4)12(10)16-18(11)8(9)3/h8-9,14H,5-6H2,1-4H3. The van der Waals surface area contributed by atoms with E-state index in [9.17, 15) is 4.79 Å². The molecule has 1 aliphatic rings. The van der Waals surface area contributed by atoms with Gasteiger partial charge in [0.05, 0.1) is 29.6 Å². The molecule has 0 saturated heterocycles. The average Bonchev–Trinajstić information content (AvgIpc) is 2.90. The summed E-state index contributed by atoms with van der Waals surface area (Å²) in [6.07, 6.45) is 0. The number of aromatic nitrogens is 4. The van der Waals surface area contributed by atoms with Crippen molar-refractivity contribution in [2.24, 2.45) is 13.0 Å². The van der Waals surface area contributed by atoms with Crippen LogP contribution >= 0.6 is 0 Å². The van der Waals surface area contributed by atoms with Crippen LogP contribution in [0, 0.1) is 12.8 Å². The predicted octanol–water partition coefficient (Wildman–Crippen LogP) is 1.24. The minimum Gasteiger partial charge on any atom is -0.466 e. The van der Waals surface area contributed by atoms with Crippen LogP contribution in [0.25, 0.3) is 11.0 Å². The summed E-state index contributed by atoms with van der Waals surface area (Å²) in [6, 6.07) is -0.0305. The van der Waals surface area contributed by atoms with Crippen molar-refractivity contribution in [1.29, 1.82) is 0 Å². The zero-order valence-corrected chi connectivity index (χ0v) is 12.2. The highest BCUT2D eigenvalue weighted by Gasteiger charge is 2.35. The third-order valence-electron chi connectivity index (χ3n) is 3.91. The summed E-state index contributed by atoms with van der Waals surface area (Å²) in [5.41, 5.74) is 1.78. The third-order valence-corrected chi connectivity index (χ3v) is 3.91. The summed E-state index contributed by atoms with van der Waals surface area (Å²) in [4.78, 5) is 12.0. The van der Waals surface area contributed by atoms with Crippen LogP contribution in [0.2, 0.25) is 0 Å². The molecule has 0 bridgehead atoms. The average molecular weight is 277 g/mol. The molecular formula is C13H19N5O2. The Bertz CT molecular complexity index is 672. The van der Waals surface area contributed by atoms with Crippen molar-refractivity contribution < 1.29 is 9.53 Å². The van der Waals surface area contributed by atoms with Crippen LogP contribution in [0.3, 0.4) is 0 Å². The molecule has 3 heterocycles. The molecular weight excluding hydrogens is 258 g/mol. The molecule has 108 valence electrons. The molecule has 2 atom stereocenters. The monoisotopic (exact) mass is 277 g/mol. The van der Waals surface area contributed by atoms with E-state index in [0.29, 0.717) is 13.2 Å². The van der Waals surface area contributed by atoms with Gasteiger partial charge in [-0.1, -0.05) is 0 Å². The van der Waals surface area contributed by atoms with Crippen molar-refractivity contribution in [2.45, 2.75) is 26.8 Å². The molecule has 7 nitrogen and oxygen atoms in total. The first-order valence-corrected chi connectivity index (χ1v) is 6.87. The maximum absolute atomic E-state index is 12.0. The second-order valence-corrected chi connectivity index (χ2v) is 5.18. The molecule has 7 heteroatoms. The summed E-state index contributed by atoms with van der Waals surface area (Å²) in [6.45, 7) is 6.75. The number of hydrogen-bond acceptors (Lipinski definition) is 5. The number of anilines is 1. The lowest BCUT2D eigenvalue weighted by molar-refractivity contribution is -0.149. The fourth-order valence-electron chi connectivity index (χ4n) is 2.85. The number of ether oxygens (including phenoxy) is 1. The third kappa shape index (κ3) is 1.69. The van der Waals surface area contributed by atoms with Gasteiger partial charge in [0.1, 0.15) is 5.82 Å². The van der Waals surface area contributed by atoms with Gasteiger partial charge in [0.25, 0.3) is 0 Å². The largest absolute Gasteiger partial charge is 0.466 e. The Morgan fingerprint density at radius 1 is 1.50 bits per heavy atom. The van der Waals surface area contributed by atoms with Crippen molar-refractivity contribution in [2.75, 3.05) is 18.5 Å². The maximum atomic E-state index is 12.0. The summed E-state index contributed by atoms with van der Waals surface area (Å²) >= 11 is 0. The lowest BCUT2D eigenvalue weighted by atomic mass is 9.99. The van der Waals surface area contributed by atoms with Gasteiger partial charge in [0, 0.05) is 13.6 Å². The highest BCUT2D eigenvalue weighted by Crippen LogP contribution is 2.35. The van der Waals surface area contributed by atoms with Crippen LogP contribution in [0.4, 0.5) is 5.82 Å². The van der Waals surface area contributed by atoms with Gasteiger partial charge in [0.2, 0.25) is 0 Å². The molecule has 0 radical (unpaired) electrons. The van der Waals surface area contributed by atoms with E-state index in [4.69, 9.17) is 4.74 Å². The summed E-state index contributed by atoms with van der Waals surface area (Å²) < 4.78 is 8.78. The number of fused-ring (bicyclic) bond motifs is 3. The number of hydrogen-bond donors (Lipinski definition) is 1. The minimum absolute atomic E-state index is 0.0305. The number of carbonyl (C=O) groups excluding carboxylic acids is 1. The van der Waals surface area contributed by atoms with E-state index in [2.05, 4.69) is 15.5 Å². The van der Waals surface area contributed by atoms with Crippen LogP contribution in [-0.4, -0.2) is 38.7 Å². The van der Waals surface area contributed by atoms with E-state index < -0.39 is 0 Å². The number of aryl methyl sites for hydroxylation is 2. The number of esters is 1. The van der Waals surface area contributed by atoms with Gasteiger partial charge in [-0.05, 0) is 20.8 Å². The smallest absolute Gasteiger partial charge is 0.312 e. The highest BCUT2D eigenvalue weighted by molar-refractivity contribution is 5.91. The van der Waals surface area contributed by atoms with E-state index in [0.717, 1.165) is 22.5 Å². The van der Waals surface area contributed by atoms with Gasteiger partial charge < -0.3 is 10.1 Å². The summed E-state index contributed by atoms with van der Waals surface area (Å²) in [5.74, 6) is 0.552. The lowest BCUT2D eigenvalue weighted by Crippen LogP contribution is -2.37. The van der Waals surface area contributed by atoms with E-state index >= 15 is 0 Å². The summed E-state index contributed by atoms with van der Waals surface area (Å²) in [5, 5.41) is 13.3. The first-order valence-electron chi connectivity index (χ1n) is 6.87. The lowest BCUT2D eigenvalue weighted by Gasteiger charge is -2.29. The van der Waals surface area contributed by atoms with Gasteiger partial charge in [0.15, 0.2) is 5.65 Å². The zero-order chi connectivity index (χ0) is 14.4. The normalized spacial score (nSPS) is 21.6. The van der Waals surface area contributed by atoms with Crippen molar-refractivity contribution >= 4 is 22.8 Å². The Hall–Kier alpha value is -2.05. The topological polar surface area (TPSA) is 74.0 Å². The minimum atomic E-state index is -0.218. The van der Waals surface area contributed by atoms with E-state index in [1.165, 1.54) is 0 Å². The molecule has 20 heavy (non-hydrogen) atoms. The fourth-order valence-corrected chi connectivity index (χ4v) is 2.85. The molecule has 0 aliphatic carbocycles. The second kappa shape index (κ2) is 4.50. The Morgan fingerprint density at radius 2 is 2.25 bits per heavy atom. The number of nitrogens with one attached hydrogen (secondary N) is 1. The highest BCUT2D eigenvalue weighted by atomic mass is 16.5. The van der Waals surface area contributed by atoms with Gasteiger partial charge in [-0.15, -0.1) is 0 Å². The number of nitrogens with zero attached hydrogens (tertiary/aromatic N) is 4. The molecule has 0 amide bonds. The summed E-state index contributed by atoms with van der Waals surface area (Å²) in [7, 11) is 1.88. The Balaban J connectivity index is 2.04. The van der Waals surface area contributed by atoms with Crippen LogP contribution in [0.5, 0.6) is 0 Å². The second-order valence-electron chi connectivity index (χ2n) is 5.18. The van der Waals surface area contributed by atoms with Gasteiger partial charge >= 0.3 is 5.97 Å². The van der Waals surface area contributed by atoms with Gasteiger partial charge in [-0.25, -0.2) is 9.36 Å². The van der Waals surface area contributed by atoms with E-state index in [1.807, 2.05) is 32.5 Å². The Morgan fingerprint density at radius 3 is 2.95 bits per heavy atom. The predicted molar refractivity (Wildman–Crippen MR) is 74.6 cm³/mol. The van der Waals surface area contributed by atoms with E-state index in [-0.39, 0.29) is 17.9 Å². The molecule has 2 unspecified atom stereocenters. The number of rotatable bonds is 2. The molecule has 1 aliphatic heterocycles. The Labute approximate surface area is 116 Å². The first-order chi connectivity index (χ1) is 9.54. The molecule has 0 aromatic carbocycles. The molecule has 2 aromatic rings. The van der Waals surface area contributed by atoms with Crippen LogP contribution in [0.1, 0.15) is 25.6 Å². The van der Waals surface area contributed by atoms with Crippen LogP contribution in [-0.2, 0) is 16.6 Å². The van der Waals surface area contributed by atoms with Crippen molar-refractivity contribution in [3.05, 3.63) is 5.69 Å². The van der Waals surface area contributed by atoms with Crippen molar-refractivity contribution in [1.82, 2.24) is 19.6 Å². The molecule has 0 spiro atoms. The van der Waals surface area contributed by atoms with Crippen molar-refractivity contribution in [3.63, 3.8) is 0 Å². The van der Waals surface area contributed by atoms with Crippen LogP contribution in [0.15, 0.2) is 0 Å². The first kappa shape index (κ1) is 13.0. The molecule has 0 saturated carbocycles. The molecule has 1 N–H and O–H groups in total. The number of carbonyl (C=O) groups is 1. The maximum Gasteiger partial charge on any atom is 0.312 e. The van der Waals surface area contributed by atoms with Crippen LogP contribution < -0.4 is 5.32 Å². The molecule has 2 aromatic heterocycles. The van der Waals surface area contributed by atoms with Gasteiger partial charge in [-0.3, -0.25) is 4.79 Å². The van der Waals surface area contributed by atoms with E-state index in [1.54, 1.807) is 4.68 Å². The zero-order valence-electron chi connectivity index (χ0n) is 12.2. The quantitative estimate of drug-likeness (QED) is 0.836. The van der Waals surface area contributed by atoms with Crippen molar-refractivity contribution in [3.8, 4) is 0 Å².